The van der Waals surface area contributed by atoms with Gasteiger partial charge in [-0.25, -0.2) is 22.2 Å². The molecule has 1 aliphatic carbocycles. The van der Waals surface area contributed by atoms with Crippen LogP contribution in [0.1, 0.15) is 54.1 Å². The van der Waals surface area contributed by atoms with Gasteiger partial charge in [-0.1, -0.05) is 48.7 Å². The molecule has 1 fully saturated rings. The normalized spacial score (nSPS) is 14.7. The van der Waals surface area contributed by atoms with Crippen LogP contribution in [0.25, 0.3) is 11.0 Å². The van der Waals surface area contributed by atoms with Crippen LogP contribution < -0.4 is 10.2 Å². The minimum atomic E-state index is -3.74. The first kappa shape index (κ1) is 31.8. The van der Waals surface area contributed by atoms with Crippen LogP contribution in [0.4, 0.5) is 5.69 Å². The lowest BCUT2D eigenvalue weighted by Crippen LogP contribution is -2.48. The van der Waals surface area contributed by atoms with Gasteiger partial charge in [-0.05, 0) is 66.9 Å². The molecule has 5 rings (SSSR count). The lowest BCUT2D eigenvalue weighted by atomic mass is 9.94. The van der Waals surface area contributed by atoms with Crippen LogP contribution in [-0.2, 0) is 30.9 Å². The molecule has 1 heterocycles. The number of hydrogen-bond donors (Lipinski definition) is 1. The number of aromatic nitrogens is 3. The van der Waals surface area contributed by atoms with E-state index in [0.717, 1.165) is 36.4 Å². The van der Waals surface area contributed by atoms with Gasteiger partial charge in [0.25, 0.3) is 0 Å². The van der Waals surface area contributed by atoms with Crippen molar-refractivity contribution in [2.75, 3.05) is 26.1 Å². The van der Waals surface area contributed by atoms with Gasteiger partial charge in [0.1, 0.15) is 18.1 Å². The van der Waals surface area contributed by atoms with Gasteiger partial charge in [0.2, 0.25) is 21.8 Å². The summed E-state index contributed by atoms with van der Waals surface area (Å²) < 4.78 is 33.0. The summed E-state index contributed by atoms with van der Waals surface area (Å²) in [6.45, 7) is -0.244. The number of carbonyl (C=O) groups excluding carboxylic acids is 3. The molecule has 236 valence electrons. The second-order valence-electron chi connectivity index (χ2n) is 11.1. The zero-order valence-electron chi connectivity index (χ0n) is 25.4. The summed E-state index contributed by atoms with van der Waals surface area (Å²) in [4.78, 5) is 42.1. The van der Waals surface area contributed by atoms with Crippen molar-refractivity contribution in [2.24, 2.45) is 0 Å². The maximum absolute atomic E-state index is 14.3. The molecule has 3 aromatic carbocycles. The average Bonchev–Trinajstić information content (AvgIpc) is 3.46. The van der Waals surface area contributed by atoms with E-state index < -0.39 is 33.8 Å². The van der Waals surface area contributed by atoms with E-state index in [-0.39, 0.29) is 23.0 Å². The number of carbonyl (C=O) groups is 3. The molecule has 0 saturated heterocycles. The van der Waals surface area contributed by atoms with E-state index in [1.165, 1.54) is 55.1 Å². The number of anilines is 1. The summed E-state index contributed by atoms with van der Waals surface area (Å²) in [5, 5.41) is 11.5. The SMILES string of the molecule is COC(=O)c1ccc([C@H](C(=O)NC2CCCCC2)N(C(=O)Cn2nnc3ccccc32)c2ccc(S(=O)(=O)N(C)C)cc2)cc1. The summed E-state index contributed by atoms with van der Waals surface area (Å²) in [6, 6.07) is 18.2. The van der Waals surface area contributed by atoms with Crippen molar-refractivity contribution in [3.63, 3.8) is 0 Å². The first-order valence-corrected chi connectivity index (χ1v) is 16.2. The average molecular weight is 633 g/mol. The van der Waals surface area contributed by atoms with Crippen molar-refractivity contribution >= 4 is 44.5 Å². The molecule has 2 amide bonds. The Morgan fingerprint density at radius 3 is 2.27 bits per heavy atom. The highest BCUT2D eigenvalue weighted by molar-refractivity contribution is 7.89. The molecule has 1 atom stereocenters. The Hall–Kier alpha value is -4.62. The van der Waals surface area contributed by atoms with Crippen LogP contribution in [0.5, 0.6) is 0 Å². The number of hydrogen-bond acceptors (Lipinski definition) is 8. The van der Waals surface area contributed by atoms with Gasteiger partial charge in [-0.2, -0.15) is 0 Å². The molecule has 13 heteroatoms. The minimum absolute atomic E-state index is 0.0385. The Morgan fingerprint density at radius 2 is 1.62 bits per heavy atom. The molecule has 0 bridgehead atoms. The number of sulfonamides is 1. The predicted molar refractivity (Wildman–Crippen MR) is 168 cm³/mol. The first-order chi connectivity index (χ1) is 21.6. The largest absolute Gasteiger partial charge is 0.465 e. The highest BCUT2D eigenvalue weighted by Crippen LogP contribution is 2.31. The number of nitrogens with one attached hydrogen (secondary N) is 1. The monoisotopic (exact) mass is 632 g/mol. The van der Waals surface area contributed by atoms with E-state index in [1.54, 1.807) is 36.4 Å². The van der Waals surface area contributed by atoms with E-state index in [2.05, 4.69) is 15.6 Å². The number of para-hydroxylation sites is 1. The third kappa shape index (κ3) is 6.89. The Kier molecular flexibility index (Phi) is 9.59. The number of rotatable bonds is 10. The van der Waals surface area contributed by atoms with Crippen LogP contribution in [0.2, 0.25) is 0 Å². The molecule has 0 radical (unpaired) electrons. The molecule has 1 aliphatic rings. The van der Waals surface area contributed by atoms with Gasteiger partial charge >= 0.3 is 5.97 Å². The molecule has 0 unspecified atom stereocenters. The summed E-state index contributed by atoms with van der Waals surface area (Å²) in [7, 11) is 0.410. The quantitative estimate of drug-likeness (QED) is 0.261. The summed E-state index contributed by atoms with van der Waals surface area (Å²) in [5.41, 5.74) is 2.31. The Balaban J connectivity index is 1.60. The molecule has 0 spiro atoms. The maximum atomic E-state index is 14.3. The van der Waals surface area contributed by atoms with E-state index >= 15 is 0 Å². The van der Waals surface area contributed by atoms with Crippen molar-refractivity contribution in [3.8, 4) is 0 Å². The second-order valence-corrected chi connectivity index (χ2v) is 13.3. The second kappa shape index (κ2) is 13.6. The summed E-state index contributed by atoms with van der Waals surface area (Å²) in [6.07, 6.45) is 4.75. The third-order valence-electron chi connectivity index (χ3n) is 7.97. The molecule has 1 N–H and O–H groups in total. The molecule has 0 aliphatic heterocycles. The molecule has 45 heavy (non-hydrogen) atoms. The highest BCUT2D eigenvalue weighted by atomic mass is 32.2. The Morgan fingerprint density at radius 1 is 0.956 bits per heavy atom. The van der Waals surface area contributed by atoms with Gasteiger partial charge in [0.05, 0.1) is 23.1 Å². The van der Waals surface area contributed by atoms with Crippen molar-refractivity contribution in [3.05, 3.63) is 83.9 Å². The number of amides is 2. The van der Waals surface area contributed by atoms with Gasteiger partial charge in [0.15, 0.2) is 0 Å². The van der Waals surface area contributed by atoms with Crippen LogP contribution >= 0.6 is 0 Å². The minimum Gasteiger partial charge on any atom is -0.465 e. The molecule has 1 aromatic heterocycles. The Bertz CT molecular complexity index is 1780. The number of benzene rings is 3. The fraction of sp³-hybridized carbons (Fsp3) is 0.344. The maximum Gasteiger partial charge on any atom is 0.337 e. The number of methoxy groups -OCH3 is 1. The van der Waals surface area contributed by atoms with Gasteiger partial charge in [-0.15, -0.1) is 5.10 Å². The van der Waals surface area contributed by atoms with Crippen molar-refractivity contribution < 1.29 is 27.5 Å². The van der Waals surface area contributed by atoms with Crippen molar-refractivity contribution in [2.45, 2.75) is 55.6 Å². The van der Waals surface area contributed by atoms with Crippen LogP contribution in [-0.4, -0.2) is 72.7 Å². The number of nitrogens with zero attached hydrogens (tertiary/aromatic N) is 5. The van der Waals surface area contributed by atoms with Crippen LogP contribution in [0, 0.1) is 0 Å². The summed E-state index contributed by atoms with van der Waals surface area (Å²) >= 11 is 0. The van der Waals surface area contributed by atoms with Crippen molar-refractivity contribution in [1.29, 1.82) is 0 Å². The van der Waals surface area contributed by atoms with Gasteiger partial charge in [-0.3, -0.25) is 14.5 Å². The van der Waals surface area contributed by atoms with Crippen LogP contribution in [0.15, 0.2) is 77.7 Å². The number of esters is 1. The Labute approximate surface area is 262 Å². The zero-order valence-corrected chi connectivity index (χ0v) is 26.2. The van der Waals surface area contributed by atoms with Crippen molar-refractivity contribution in [1.82, 2.24) is 24.6 Å². The van der Waals surface area contributed by atoms with Gasteiger partial charge in [0, 0.05) is 25.8 Å². The van der Waals surface area contributed by atoms with E-state index in [1.807, 2.05) is 12.1 Å². The van der Waals surface area contributed by atoms with Crippen LogP contribution in [0.3, 0.4) is 0 Å². The zero-order chi connectivity index (χ0) is 32.1. The van der Waals surface area contributed by atoms with E-state index in [9.17, 15) is 22.8 Å². The summed E-state index contributed by atoms with van der Waals surface area (Å²) in [5.74, 6) is -1.40. The topological polar surface area (TPSA) is 144 Å². The molecule has 12 nitrogen and oxygen atoms in total. The molecule has 1 saturated carbocycles. The fourth-order valence-corrected chi connectivity index (χ4v) is 6.43. The molecule has 4 aromatic rings. The van der Waals surface area contributed by atoms with E-state index in [4.69, 9.17) is 4.74 Å². The predicted octanol–water partition coefficient (Wildman–Crippen LogP) is 3.69. The van der Waals surface area contributed by atoms with E-state index in [0.29, 0.717) is 22.3 Å². The highest BCUT2D eigenvalue weighted by Gasteiger charge is 2.35. The third-order valence-corrected chi connectivity index (χ3v) is 9.80. The molecular weight excluding hydrogens is 596 g/mol. The lowest BCUT2D eigenvalue weighted by Gasteiger charge is -2.33. The first-order valence-electron chi connectivity index (χ1n) is 14.7. The number of ether oxygens (including phenoxy) is 1. The number of fused-ring (bicyclic) bond motifs is 1. The standard InChI is InChI=1S/C32H36N6O6S/c1-36(2)45(42,43)26-19-17-25(18-20-26)38(29(39)21-37-28-12-8-7-11-27(28)34-35-37)30(31(40)33-24-9-5-4-6-10-24)22-13-15-23(16-14-22)32(41)44-3/h7-8,11-20,24,30H,4-6,9-10,21H2,1-3H3,(H,33,40)/t30-/m1/s1. The lowest BCUT2D eigenvalue weighted by molar-refractivity contribution is -0.127. The van der Waals surface area contributed by atoms with Gasteiger partial charge < -0.3 is 10.1 Å². The smallest absolute Gasteiger partial charge is 0.337 e. The molecular formula is C32H36N6O6S. The fourth-order valence-electron chi connectivity index (χ4n) is 5.53.